The molecule has 2 aliphatic heterocycles. The predicted octanol–water partition coefficient (Wildman–Crippen LogP) is 5.18. The molecule has 4 aliphatic carbocycles. The molecule has 2 saturated heterocycles. The summed E-state index contributed by atoms with van der Waals surface area (Å²) in [6, 6.07) is 0. The van der Waals surface area contributed by atoms with Crippen molar-refractivity contribution in [3.8, 4) is 0 Å². The van der Waals surface area contributed by atoms with Gasteiger partial charge in [0.05, 0.1) is 12.7 Å². The van der Waals surface area contributed by atoms with Crippen LogP contribution in [0.5, 0.6) is 0 Å². The molecular formula is C27H40O4. The van der Waals surface area contributed by atoms with E-state index in [1.807, 2.05) is 0 Å². The lowest BCUT2D eigenvalue weighted by molar-refractivity contribution is -0.272. The normalized spacial score (nSPS) is 58.6. The van der Waals surface area contributed by atoms with Gasteiger partial charge in [0, 0.05) is 42.9 Å². The Hall–Kier alpha value is -0.740. The average Bonchev–Trinajstić information content (AvgIpc) is 3.18. The molecule has 0 aromatic heterocycles. The van der Waals surface area contributed by atoms with Gasteiger partial charge in [0.2, 0.25) is 0 Å². The van der Waals surface area contributed by atoms with Crippen LogP contribution in [0.3, 0.4) is 0 Å². The Kier molecular flexibility index (Phi) is 4.47. The zero-order valence-electron chi connectivity index (χ0n) is 19.8. The first-order chi connectivity index (χ1) is 14.7. The van der Waals surface area contributed by atoms with Gasteiger partial charge in [-0.05, 0) is 67.1 Å². The van der Waals surface area contributed by atoms with Crippen molar-refractivity contribution < 1.29 is 19.1 Å². The summed E-state index contributed by atoms with van der Waals surface area (Å²) in [6.07, 6.45) is 8.86. The maximum atomic E-state index is 14.0. The van der Waals surface area contributed by atoms with E-state index in [0.29, 0.717) is 41.2 Å². The molecule has 11 atom stereocenters. The standard InChI is InChI=1S/C27H40O4/c1-15-7-10-27(30-14-15)16(2)24-22(31-27)12-21-19-6-5-17-11-18(28)8-9-25(17,3)20(19)13-23(29)26(21,24)4/h15-17,19-22,24H,5-14H2,1-4H3/t15-,16+,17+,19-,20+,21+,22+,24+,25+,26-,27-/m1/s1. The molecule has 172 valence electrons. The molecule has 0 bridgehead atoms. The maximum absolute atomic E-state index is 14.0. The minimum atomic E-state index is -0.458. The van der Waals surface area contributed by atoms with Crippen LogP contribution in [0.25, 0.3) is 0 Å². The molecule has 4 nitrogen and oxygen atoms in total. The van der Waals surface area contributed by atoms with E-state index in [0.717, 1.165) is 51.6 Å². The Morgan fingerprint density at radius 1 is 0.968 bits per heavy atom. The third-order valence-corrected chi connectivity index (χ3v) is 11.6. The summed E-state index contributed by atoms with van der Waals surface area (Å²) in [4.78, 5) is 26.1. The van der Waals surface area contributed by atoms with Gasteiger partial charge in [0.15, 0.2) is 5.79 Å². The van der Waals surface area contributed by atoms with Crippen LogP contribution in [0.2, 0.25) is 0 Å². The second kappa shape index (κ2) is 6.65. The first-order valence-corrected chi connectivity index (χ1v) is 13.1. The van der Waals surface area contributed by atoms with E-state index in [9.17, 15) is 9.59 Å². The Labute approximate surface area is 187 Å². The number of rotatable bonds is 0. The zero-order valence-corrected chi connectivity index (χ0v) is 19.8. The first-order valence-electron chi connectivity index (χ1n) is 13.1. The second-order valence-electron chi connectivity index (χ2n) is 12.8. The topological polar surface area (TPSA) is 52.6 Å². The summed E-state index contributed by atoms with van der Waals surface area (Å²) in [5, 5.41) is 0. The number of fused-ring (bicyclic) bond motifs is 7. The van der Waals surface area contributed by atoms with Gasteiger partial charge in [-0.1, -0.05) is 27.7 Å². The van der Waals surface area contributed by atoms with Gasteiger partial charge in [0.25, 0.3) is 0 Å². The lowest BCUT2D eigenvalue weighted by Gasteiger charge is -2.59. The minimum absolute atomic E-state index is 0.166. The Balaban J connectivity index is 1.31. The minimum Gasteiger partial charge on any atom is -0.349 e. The molecule has 6 aliphatic rings. The lowest BCUT2D eigenvalue weighted by atomic mass is 9.44. The zero-order chi connectivity index (χ0) is 21.8. The van der Waals surface area contributed by atoms with Crippen LogP contribution in [0.4, 0.5) is 0 Å². The van der Waals surface area contributed by atoms with Crippen LogP contribution < -0.4 is 0 Å². The molecule has 0 N–H and O–H groups in total. The van der Waals surface area contributed by atoms with E-state index >= 15 is 0 Å². The molecule has 0 aromatic rings. The largest absolute Gasteiger partial charge is 0.349 e. The SMILES string of the molecule is C[C@@H]1CC[C@@]2(OC1)O[C@H]1C[C@H]3[C@@H]4CC[C@H]5CC(=O)CC[C@]5(C)[C@H]4CC(=O)[C@]3(C)[C@H]1[C@@H]2C. The van der Waals surface area contributed by atoms with Gasteiger partial charge >= 0.3 is 0 Å². The molecule has 6 rings (SSSR count). The third kappa shape index (κ3) is 2.61. The number of hydrogen-bond acceptors (Lipinski definition) is 4. The summed E-state index contributed by atoms with van der Waals surface area (Å²) in [5.74, 6) is 3.63. The fraction of sp³-hybridized carbons (Fsp3) is 0.926. The summed E-state index contributed by atoms with van der Waals surface area (Å²) in [5.41, 5.74) is -0.101. The number of carbonyl (C=O) groups excluding carboxylic acids is 2. The highest BCUT2D eigenvalue weighted by Gasteiger charge is 2.71. The molecule has 2 heterocycles. The Morgan fingerprint density at radius 2 is 1.77 bits per heavy atom. The number of hydrogen-bond donors (Lipinski definition) is 0. The average molecular weight is 429 g/mol. The summed E-state index contributed by atoms with van der Waals surface area (Å²) < 4.78 is 13.2. The lowest BCUT2D eigenvalue weighted by Crippen LogP contribution is -2.58. The highest BCUT2D eigenvalue weighted by molar-refractivity contribution is 5.87. The van der Waals surface area contributed by atoms with Gasteiger partial charge < -0.3 is 9.47 Å². The van der Waals surface area contributed by atoms with Gasteiger partial charge in [-0.25, -0.2) is 0 Å². The number of ketones is 2. The number of carbonyl (C=O) groups is 2. The van der Waals surface area contributed by atoms with Crippen molar-refractivity contribution in [2.45, 2.75) is 97.4 Å². The van der Waals surface area contributed by atoms with Crippen molar-refractivity contribution in [1.82, 2.24) is 0 Å². The fourth-order valence-corrected chi connectivity index (χ4v) is 9.74. The van der Waals surface area contributed by atoms with Gasteiger partial charge in [-0.3, -0.25) is 9.59 Å². The van der Waals surface area contributed by atoms with Crippen molar-refractivity contribution >= 4 is 11.6 Å². The van der Waals surface area contributed by atoms with Crippen molar-refractivity contribution in [3.63, 3.8) is 0 Å². The molecule has 0 aromatic carbocycles. The van der Waals surface area contributed by atoms with Crippen LogP contribution in [0, 0.1) is 52.3 Å². The van der Waals surface area contributed by atoms with E-state index in [-0.39, 0.29) is 28.8 Å². The van der Waals surface area contributed by atoms with Crippen LogP contribution in [-0.2, 0) is 19.1 Å². The Morgan fingerprint density at radius 3 is 2.52 bits per heavy atom. The van der Waals surface area contributed by atoms with Crippen molar-refractivity contribution in [2.24, 2.45) is 52.3 Å². The predicted molar refractivity (Wildman–Crippen MR) is 117 cm³/mol. The quantitative estimate of drug-likeness (QED) is 0.533. The summed E-state index contributed by atoms with van der Waals surface area (Å²) in [7, 11) is 0. The van der Waals surface area contributed by atoms with Crippen molar-refractivity contribution in [1.29, 1.82) is 0 Å². The third-order valence-electron chi connectivity index (χ3n) is 11.6. The van der Waals surface area contributed by atoms with Crippen molar-refractivity contribution in [3.05, 3.63) is 0 Å². The highest BCUT2D eigenvalue weighted by atomic mass is 16.7. The number of ether oxygens (including phenoxy) is 2. The van der Waals surface area contributed by atoms with Crippen molar-refractivity contribution in [2.75, 3.05) is 6.61 Å². The molecular weight excluding hydrogens is 388 g/mol. The molecule has 31 heavy (non-hydrogen) atoms. The van der Waals surface area contributed by atoms with Gasteiger partial charge in [-0.2, -0.15) is 0 Å². The first kappa shape index (κ1) is 20.8. The molecule has 4 saturated carbocycles. The van der Waals surface area contributed by atoms with E-state index in [1.54, 1.807) is 0 Å². The van der Waals surface area contributed by atoms with Gasteiger partial charge in [0.1, 0.15) is 11.6 Å². The molecule has 6 fully saturated rings. The maximum Gasteiger partial charge on any atom is 0.171 e. The summed E-state index contributed by atoms with van der Waals surface area (Å²) >= 11 is 0. The van der Waals surface area contributed by atoms with Gasteiger partial charge in [-0.15, -0.1) is 0 Å². The Bertz CT molecular complexity index is 797. The van der Waals surface area contributed by atoms with Crippen LogP contribution in [0.1, 0.15) is 85.5 Å². The van der Waals surface area contributed by atoms with E-state index in [2.05, 4.69) is 27.7 Å². The van der Waals surface area contributed by atoms with E-state index in [1.165, 1.54) is 12.8 Å². The smallest absolute Gasteiger partial charge is 0.171 e. The number of Topliss-reactive ketones (excluding diaryl/α,β-unsaturated/α-hetero) is 2. The molecule has 4 heteroatoms. The second-order valence-corrected chi connectivity index (χ2v) is 12.8. The highest BCUT2D eigenvalue weighted by Crippen LogP contribution is 2.70. The summed E-state index contributed by atoms with van der Waals surface area (Å²) in [6.45, 7) is 10.0. The molecule has 1 spiro atoms. The van der Waals surface area contributed by atoms with Crippen LogP contribution >= 0.6 is 0 Å². The van der Waals surface area contributed by atoms with Crippen LogP contribution in [-0.4, -0.2) is 30.1 Å². The fourth-order valence-electron chi connectivity index (χ4n) is 9.74. The van der Waals surface area contributed by atoms with Crippen LogP contribution in [0.15, 0.2) is 0 Å². The monoisotopic (exact) mass is 428 g/mol. The molecule has 0 radical (unpaired) electrons. The molecule has 0 unspecified atom stereocenters. The molecule has 0 amide bonds. The van der Waals surface area contributed by atoms with E-state index in [4.69, 9.17) is 9.47 Å². The van der Waals surface area contributed by atoms with E-state index < -0.39 is 5.79 Å².